The Morgan fingerprint density at radius 2 is 1.95 bits per heavy atom. The van der Waals surface area contributed by atoms with Crippen molar-refractivity contribution >= 4 is 29.6 Å². The summed E-state index contributed by atoms with van der Waals surface area (Å²) >= 11 is 2.01. The molecule has 2 rings (SSSR count). The summed E-state index contributed by atoms with van der Waals surface area (Å²) in [5.74, 6) is 2.70. The predicted molar refractivity (Wildman–Crippen MR) is 91.0 cm³/mol. The van der Waals surface area contributed by atoms with Crippen molar-refractivity contribution < 1.29 is 0 Å². The van der Waals surface area contributed by atoms with Crippen molar-refractivity contribution in [2.75, 3.05) is 34.8 Å². The van der Waals surface area contributed by atoms with E-state index in [1.807, 2.05) is 11.8 Å². The lowest BCUT2D eigenvalue weighted by molar-refractivity contribution is 0.748. The van der Waals surface area contributed by atoms with E-state index in [0.717, 1.165) is 18.8 Å². The Morgan fingerprint density at radius 3 is 2.62 bits per heavy atom. The van der Waals surface area contributed by atoms with Crippen molar-refractivity contribution in [3.8, 4) is 0 Å². The summed E-state index contributed by atoms with van der Waals surface area (Å²) in [5, 5.41) is 4.11. The third-order valence-electron chi connectivity index (χ3n) is 3.83. The number of aromatic nitrogens is 3. The minimum atomic E-state index is 0.284. The van der Waals surface area contributed by atoms with Gasteiger partial charge in [0.1, 0.15) is 0 Å². The highest BCUT2D eigenvalue weighted by molar-refractivity contribution is 7.99. The lowest BCUT2D eigenvalue weighted by Gasteiger charge is -2.22. The molecule has 0 aliphatic heterocycles. The fourth-order valence-corrected chi connectivity index (χ4v) is 3.96. The Kier molecular flexibility index (Phi) is 5.90. The average molecular weight is 310 g/mol. The lowest BCUT2D eigenvalue weighted by atomic mass is 10.2. The molecule has 0 radical (unpaired) electrons. The first kappa shape index (κ1) is 16.1. The first-order valence-corrected chi connectivity index (χ1v) is 8.87. The Bertz CT molecular complexity index is 451. The van der Waals surface area contributed by atoms with E-state index in [9.17, 15) is 0 Å². The van der Waals surface area contributed by atoms with Crippen LogP contribution in [0.5, 0.6) is 0 Å². The van der Waals surface area contributed by atoms with E-state index >= 15 is 0 Å². The van der Waals surface area contributed by atoms with Gasteiger partial charge in [-0.2, -0.15) is 26.7 Å². The van der Waals surface area contributed by atoms with Crippen molar-refractivity contribution in [1.82, 2.24) is 15.0 Å². The molecule has 7 heteroatoms. The Hall–Kier alpha value is -1.24. The minimum absolute atomic E-state index is 0.284. The molecule has 1 aliphatic rings. The smallest absolute Gasteiger partial charge is 0.231 e. The van der Waals surface area contributed by atoms with Gasteiger partial charge in [-0.05, 0) is 32.4 Å². The van der Waals surface area contributed by atoms with E-state index in [2.05, 4.69) is 45.9 Å². The Labute approximate surface area is 131 Å². The molecule has 1 aromatic rings. The predicted octanol–water partition coefficient (Wildman–Crippen LogP) is 2.39. The van der Waals surface area contributed by atoms with E-state index < -0.39 is 0 Å². The molecule has 118 valence electrons. The summed E-state index contributed by atoms with van der Waals surface area (Å²) in [6.45, 7) is 8.09. The van der Waals surface area contributed by atoms with Gasteiger partial charge in [0.25, 0.3) is 0 Å². The maximum Gasteiger partial charge on any atom is 0.231 e. The van der Waals surface area contributed by atoms with Gasteiger partial charge < -0.3 is 16.0 Å². The van der Waals surface area contributed by atoms with E-state index in [0.29, 0.717) is 23.2 Å². The molecule has 1 aromatic heterocycles. The summed E-state index contributed by atoms with van der Waals surface area (Å²) in [4.78, 5) is 15.1. The van der Waals surface area contributed by atoms with Crippen LogP contribution in [0.15, 0.2) is 0 Å². The monoisotopic (exact) mass is 310 g/mol. The zero-order valence-corrected chi connectivity index (χ0v) is 14.0. The molecule has 21 heavy (non-hydrogen) atoms. The van der Waals surface area contributed by atoms with Gasteiger partial charge in [0.05, 0.1) is 0 Å². The zero-order valence-electron chi connectivity index (χ0n) is 13.2. The minimum Gasteiger partial charge on any atom is -0.368 e. The molecule has 0 aromatic carbocycles. The van der Waals surface area contributed by atoms with Crippen LogP contribution in [0.1, 0.15) is 40.0 Å². The number of thioether (sulfide) groups is 1. The summed E-state index contributed by atoms with van der Waals surface area (Å²) in [6, 6.07) is 0.432. The molecule has 0 spiro atoms. The van der Waals surface area contributed by atoms with Gasteiger partial charge >= 0.3 is 0 Å². The van der Waals surface area contributed by atoms with E-state index in [-0.39, 0.29) is 5.95 Å². The molecule has 1 heterocycles. The van der Waals surface area contributed by atoms with Crippen LogP contribution in [0.2, 0.25) is 0 Å². The molecule has 2 unspecified atom stereocenters. The molecule has 3 N–H and O–H groups in total. The average Bonchev–Trinajstić information content (AvgIpc) is 2.87. The topological polar surface area (TPSA) is 80.0 Å². The van der Waals surface area contributed by atoms with Crippen molar-refractivity contribution in [3.05, 3.63) is 0 Å². The summed E-state index contributed by atoms with van der Waals surface area (Å²) < 4.78 is 0. The SMILES string of the molecule is CCSC1CCCC1Nc1nc(N)nc(N(CC)CC)n1. The number of nitrogens with one attached hydrogen (secondary N) is 1. The molecule has 1 saturated carbocycles. The van der Waals surface area contributed by atoms with Crippen LogP contribution in [0.25, 0.3) is 0 Å². The van der Waals surface area contributed by atoms with Crippen LogP contribution >= 0.6 is 11.8 Å². The first-order chi connectivity index (χ1) is 10.2. The maximum absolute atomic E-state index is 5.84. The second-order valence-electron chi connectivity index (χ2n) is 5.17. The van der Waals surface area contributed by atoms with E-state index in [1.165, 1.54) is 19.3 Å². The zero-order chi connectivity index (χ0) is 15.2. The standard InChI is InChI=1S/C14H26N6S/c1-4-20(5-2)14-18-12(15)17-13(19-14)16-10-8-7-9-11(10)21-6-3/h10-11H,4-9H2,1-3H3,(H3,15,16,17,18,19). The van der Waals surface area contributed by atoms with Crippen molar-refractivity contribution in [3.63, 3.8) is 0 Å². The molecule has 2 atom stereocenters. The van der Waals surface area contributed by atoms with Crippen LogP contribution in [-0.4, -0.2) is 45.1 Å². The van der Waals surface area contributed by atoms with Crippen molar-refractivity contribution in [2.45, 2.75) is 51.3 Å². The van der Waals surface area contributed by atoms with Gasteiger partial charge in [-0.15, -0.1) is 0 Å². The number of nitrogens with zero attached hydrogens (tertiary/aromatic N) is 4. The van der Waals surface area contributed by atoms with E-state index in [4.69, 9.17) is 5.73 Å². The van der Waals surface area contributed by atoms with Crippen LogP contribution in [0.3, 0.4) is 0 Å². The van der Waals surface area contributed by atoms with Crippen LogP contribution < -0.4 is 16.0 Å². The lowest BCUT2D eigenvalue weighted by Crippen LogP contribution is -2.29. The molecular weight excluding hydrogens is 284 g/mol. The fourth-order valence-electron chi connectivity index (χ4n) is 2.76. The molecule has 1 aliphatic carbocycles. The maximum atomic E-state index is 5.84. The summed E-state index contributed by atoms with van der Waals surface area (Å²) in [5.41, 5.74) is 5.84. The fraction of sp³-hybridized carbons (Fsp3) is 0.786. The van der Waals surface area contributed by atoms with Gasteiger partial charge in [-0.1, -0.05) is 13.3 Å². The molecule has 1 fully saturated rings. The number of hydrogen-bond donors (Lipinski definition) is 2. The largest absolute Gasteiger partial charge is 0.368 e. The van der Waals surface area contributed by atoms with Crippen LogP contribution in [-0.2, 0) is 0 Å². The Morgan fingerprint density at radius 1 is 1.19 bits per heavy atom. The number of nitrogens with two attached hydrogens (primary N) is 1. The Balaban J connectivity index is 2.12. The number of nitrogen functional groups attached to an aromatic ring is 1. The second-order valence-corrected chi connectivity index (χ2v) is 6.68. The number of rotatable bonds is 7. The quantitative estimate of drug-likeness (QED) is 0.800. The van der Waals surface area contributed by atoms with Gasteiger partial charge in [0, 0.05) is 24.4 Å². The number of hydrogen-bond acceptors (Lipinski definition) is 7. The van der Waals surface area contributed by atoms with Gasteiger partial charge in [-0.3, -0.25) is 0 Å². The highest BCUT2D eigenvalue weighted by Crippen LogP contribution is 2.31. The van der Waals surface area contributed by atoms with Crippen molar-refractivity contribution in [1.29, 1.82) is 0 Å². The van der Waals surface area contributed by atoms with E-state index in [1.54, 1.807) is 0 Å². The molecule has 0 saturated heterocycles. The normalized spacial score (nSPS) is 21.5. The third kappa shape index (κ3) is 4.12. The molecule has 6 nitrogen and oxygen atoms in total. The van der Waals surface area contributed by atoms with Crippen LogP contribution in [0, 0.1) is 0 Å². The summed E-state index contributed by atoms with van der Waals surface area (Å²) in [7, 11) is 0. The van der Waals surface area contributed by atoms with Gasteiger partial charge in [0.15, 0.2) is 0 Å². The van der Waals surface area contributed by atoms with Gasteiger partial charge in [0.2, 0.25) is 17.8 Å². The molecular formula is C14H26N6S. The first-order valence-electron chi connectivity index (χ1n) is 7.82. The van der Waals surface area contributed by atoms with Crippen LogP contribution in [0.4, 0.5) is 17.8 Å². The highest BCUT2D eigenvalue weighted by atomic mass is 32.2. The van der Waals surface area contributed by atoms with Crippen molar-refractivity contribution in [2.24, 2.45) is 0 Å². The second kappa shape index (κ2) is 7.68. The highest BCUT2D eigenvalue weighted by Gasteiger charge is 2.28. The third-order valence-corrected chi connectivity index (χ3v) is 5.16. The van der Waals surface area contributed by atoms with Gasteiger partial charge in [-0.25, -0.2) is 0 Å². The summed E-state index contributed by atoms with van der Waals surface area (Å²) in [6.07, 6.45) is 3.70. The molecule has 0 bridgehead atoms. The number of anilines is 3. The molecule has 0 amide bonds.